The molecular formula is C11H12BrN5. The Morgan fingerprint density at radius 3 is 2.82 bits per heavy atom. The van der Waals surface area contributed by atoms with E-state index in [1.165, 1.54) is 0 Å². The van der Waals surface area contributed by atoms with Crippen molar-refractivity contribution in [3.63, 3.8) is 0 Å². The SMILES string of the molecule is NNC(Cc1cncc(Br)c1)c1ccnnc1. The van der Waals surface area contributed by atoms with Gasteiger partial charge < -0.3 is 0 Å². The van der Waals surface area contributed by atoms with Gasteiger partial charge in [-0.15, -0.1) is 0 Å². The first-order valence-electron chi connectivity index (χ1n) is 5.11. The standard InChI is InChI=1S/C11H12BrN5/c12-10-3-8(5-14-7-10)4-11(17-13)9-1-2-15-16-6-9/h1-3,5-7,11,17H,4,13H2. The lowest BCUT2D eigenvalue weighted by Gasteiger charge is -2.15. The number of pyridine rings is 1. The van der Waals surface area contributed by atoms with Crippen LogP contribution in [0.3, 0.4) is 0 Å². The lowest BCUT2D eigenvalue weighted by Crippen LogP contribution is -2.29. The molecule has 1 unspecified atom stereocenters. The van der Waals surface area contributed by atoms with Crippen LogP contribution >= 0.6 is 15.9 Å². The Morgan fingerprint density at radius 1 is 1.29 bits per heavy atom. The van der Waals surface area contributed by atoms with Crippen molar-refractivity contribution < 1.29 is 0 Å². The van der Waals surface area contributed by atoms with Crippen LogP contribution < -0.4 is 11.3 Å². The summed E-state index contributed by atoms with van der Waals surface area (Å²) < 4.78 is 0.957. The van der Waals surface area contributed by atoms with E-state index in [-0.39, 0.29) is 6.04 Å². The fourth-order valence-corrected chi connectivity index (χ4v) is 2.00. The summed E-state index contributed by atoms with van der Waals surface area (Å²) in [6.45, 7) is 0. The predicted octanol–water partition coefficient (Wildman–Crippen LogP) is 1.38. The van der Waals surface area contributed by atoms with Gasteiger partial charge in [-0.2, -0.15) is 10.2 Å². The third kappa shape index (κ3) is 3.29. The molecule has 2 aromatic heterocycles. The van der Waals surface area contributed by atoms with E-state index in [9.17, 15) is 0 Å². The van der Waals surface area contributed by atoms with Crippen molar-refractivity contribution in [2.24, 2.45) is 5.84 Å². The lowest BCUT2D eigenvalue weighted by atomic mass is 10.0. The number of nitrogens with two attached hydrogens (primary N) is 1. The molecule has 17 heavy (non-hydrogen) atoms. The van der Waals surface area contributed by atoms with E-state index in [4.69, 9.17) is 5.84 Å². The molecule has 0 bridgehead atoms. The third-order valence-corrected chi connectivity index (χ3v) is 2.85. The van der Waals surface area contributed by atoms with Crippen molar-refractivity contribution in [3.05, 3.63) is 52.5 Å². The zero-order valence-electron chi connectivity index (χ0n) is 9.05. The summed E-state index contributed by atoms with van der Waals surface area (Å²) in [5.41, 5.74) is 4.87. The van der Waals surface area contributed by atoms with Crippen LogP contribution in [0.15, 0.2) is 41.4 Å². The first kappa shape index (κ1) is 12.1. The summed E-state index contributed by atoms with van der Waals surface area (Å²) in [7, 11) is 0. The Balaban J connectivity index is 2.16. The average Bonchev–Trinajstić information content (AvgIpc) is 2.37. The van der Waals surface area contributed by atoms with Crippen LogP contribution in [0, 0.1) is 0 Å². The number of hydrogen-bond acceptors (Lipinski definition) is 5. The topological polar surface area (TPSA) is 76.7 Å². The van der Waals surface area contributed by atoms with E-state index in [1.807, 2.05) is 18.3 Å². The molecule has 0 saturated carbocycles. The molecule has 6 heteroatoms. The van der Waals surface area contributed by atoms with Crippen molar-refractivity contribution in [2.75, 3.05) is 0 Å². The summed E-state index contributed by atoms with van der Waals surface area (Å²) in [6, 6.07) is 3.91. The highest BCUT2D eigenvalue weighted by atomic mass is 79.9. The van der Waals surface area contributed by atoms with E-state index >= 15 is 0 Å². The number of hydrogen-bond donors (Lipinski definition) is 2. The molecule has 0 fully saturated rings. The van der Waals surface area contributed by atoms with Gasteiger partial charge in [0.2, 0.25) is 0 Å². The fraction of sp³-hybridized carbons (Fsp3) is 0.182. The largest absolute Gasteiger partial charge is 0.271 e. The van der Waals surface area contributed by atoms with Gasteiger partial charge >= 0.3 is 0 Å². The fourth-order valence-electron chi connectivity index (χ4n) is 1.58. The molecule has 1 atom stereocenters. The van der Waals surface area contributed by atoms with Crippen LogP contribution in [0.1, 0.15) is 17.2 Å². The van der Waals surface area contributed by atoms with E-state index in [1.54, 1.807) is 18.6 Å². The third-order valence-electron chi connectivity index (χ3n) is 2.41. The van der Waals surface area contributed by atoms with E-state index in [0.717, 1.165) is 22.0 Å². The molecule has 0 aliphatic rings. The van der Waals surface area contributed by atoms with Gasteiger partial charge in [0.15, 0.2) is 0 Å². The number of aromatic nitrogens is 3. The Kier molecular flexibility index (Phi) is 4.13. The first-order chi connectivity index (χ1) is 8.29. The number of hydrazine groups is 1. The van der Waals surface area contributed by atoms with Crippen molar-refractivity contribution >= 4 is 15.9 Å². The quantitative estimate of drug-likeness (QED) is 0.658. The highest BCUT2D eigenvalue weighted by Gasteiger charge is 2.11. The Morgan fingerprint density at radius 2 is 2.18 bits per heavy atom. The zero-order valence-corrected chi connectivity index (χ0v) is 10.6. The second-order valence-electron chi connectivity index (χ2n) is 3.61. The summed E-state index contributed by atoms with van der Waals surface area (Å²) in [6.07, 6.45) is 7.68. The maximum absolute atomic E-state index is 5.56. The Labute approximate surface area is 108 Å². The average molecular weight is 294 g/mol. The number of halogens is 1. The monoisotopic (exact) mass is 293 g/mol. The molecule has 2 aromatic rings. The molecule has 0 aliphatic carbocycles. The number of rotatable bonds is 4. The minimum atomic E-state index is 0.00148. The van der Waals surface area contributed by atoms with Crippen molar-refractivity contribution in [1.29, 1.82) is 0 Å². The second-order valence-corrected chi connectivity index (χ2v) is 4.53. The van der Waals surface area contributed by atoms with Crippen LogP contribution in [0.4, 0.5) is 0 Å². The Bertz CT molecular complexity index is 476. The van der Waals surface area contributed by atoms with Crippen LogP contribution in [-0.2, 0) is 6.42 Å². The van der Waals surface area contributed by atoms with Crippen LogP contribution in [-0.4, -0.2) is 15.2 Å². The lowest BCUT2D eigenvalue weighted by molar-refractivity contribution is 0.548. The van der Waals surface area contributed by atoms with Crippen molar-refractivity contribution in [2.45, 2.75) is 12.5 Å². The highest BCUT2D eigenvalue weighted by Crippen LogP contribution is 2.18. The smallest absolute Gasteiger partial charge is 0.0544 e. The normalized spacial score (nSPS) is 12.4. The molecule has 0 radical (unpaired) electrons. The van der Waals surface area contributed by atoms with Crippen molar-refractivity contribution in [3.8, 4) is 0 Å². The summed E-state index contributed by atoms with van der Waals surface area (Å²) in [4.78, 5) is 4.12. The Hall–Kier alpha value is -1.37. The molecule has 0 aliphatic heterocycles. The molecule has 2 heterocycles. The van der Waals surface area contributed by atoms with Crippen molar-refractivity contribution in [1.82, 2.24) is 20.6 Å². The van der Waals surface area contributed by atoms with Gasteiger partial charge in [0.05, 0.1) is 12.2 Å². The molecule has 2 rings (SSSR count). The molecule has 0 aromatic carbocycles. The molecule has 88 valence electrons. The van der Waals surface area contributed by atoms with E-state index < -0.39 is 0 Å². The molecule has 3 N–H and O–H groups in total. The van der Waals surface area contributed by atoms with E-state index in [2.05, 4.69) is 36.5 Å². The molecule has 5 nitrogen and oxygen atoms in total. The maximum atomic E-state index is 5.56. The van der Waals surface area contributed by atoms with Gasteiger partial charge in [0, 0.05) is 23.1 Å². The minimum Gasteiger partial charge on any atom is -0.271 e. The zero-order chi connectivity index (χ0) is 12.1. The van der Waals surface area contributed by atoms with Crippen LogP contribution in [0.5, 0.6) is 0 Å². The molecular weight excluding hydrogens is 282 g/mol. The van der Waals surface area contributed by atoms with Crippen LogP contribution in [0.2, 0.25) is 0 Å². The molecule has 0 spiro atoms. The maximum Gasteiger partial charge on any atom is 0.0544 e. The highest BCUT2D eigenvalue weighted by molar-refractivity contribution is 9.10. The minimum absolute atomic E-state index is 0.00148. The van der Waals surface area contributed by atoms with Gasteiger partial charge in [0.1, 0.15) is 0 Å². The predicted molar refractivity (Wildman–Crippen MR) is 67.7 cm³/mol. The summed E-state index contributed by atoms with van der Waals surface area (Å²) in [5, 5.41) is 7.59. The molecule has 0 amide bonds. The summed E-state index contributed by atoms with van der Waals surface area (Å²) in [5.74, 6) is 5.56. The van der Waals surface area contributed by atoms with Gasteiger partial charge in [-0.1, -0.05) is 0 Å². The number of nitrogens with one attached hydrogen (secondary N) is 1. The number of nitrogens with zero attached hydrogens (tertiary/aromatic N) is 3. The second kappa shape index (κ2) is 5.81. The first-order valence-corrected chi connectivity index (χ1v) is 5.91. The van der Waals surface area contributed by atoms with E-state index in [0.29, 0.717) is 0 Å². The van der Waals surface area contributed by atoms with Gasteiger partial charge in [-0.25, -0.2) is 0 Å². The summed E-state index contributed by atoms with van der Waals surface area (Å²) >= 11 is 3.39. The van der Waals surface area contributed by atoms with Gasteiger partial charge in [0.25, 0.3) is 0 Å². The molecule has 0 saturated heterocycles. The van der Waals surface area contributed by atoms with Gasteiger partial charge in [-0.3, -0.25) is 16.3 Å². The van der Waals surface area contributed by atoms with Gasteiger partial charge in [-0.05, 0) is 45.6 Å². The van der Waals surface area contributed by atoms with Crippen LogP contribution in [0.25, 0.3) is 0 Å².